The highest BCUT2D eigenvalue weighted by Gasteiger charge is 2.46. The molecular formula is C29H38N4O4S. The topological polar surface area (TPSA) is 90.0 Å². The molecule has 8 nitrogen and oxygen atoms in total. The maximum atomic E-state index is 13.1. The second kappa shape index (κ2) is 13.0. The number of nitrogens with one attached hydrogen (secondary N) is 1. The Hall–Kier alpha value is -3.20. The van der Waals surface area contributed by atoms with Crippen LogP contribution < -0.4 is 5.32 Å². The van der Waals surface area contributed by atoms with Crippen molar-refractivity contribution in [2.24, 2.45) is 0 Å². The molecule has 0 unspecified atom stereocenters. The Morgan fingerprint density at radius 1 is 1.00 bits per heavy atom. The summed E-state index contributed by atoms with van der Waals surface area (Å²) >= 11 is 1.65. The zero-order valence-electron chi connectivity index (χ0n) is 22.4. The minimum atomic E-state index is -0.616. The van der Waals surface area contributed by atoms with Gasteiger partial charge in [-0.1, -0.05) is 44.6 Å². The molecule has 3 aliphatic rings. The first-order valence-corrected chi connectivity index (χ1v) is 14.5. The van der Waals surface area contributed by atoms with Gasteiger partial charge in [0, 0.05) is 35.6 Å². The van der Waals surface area contributed by atoms with Gasteiger partial charge in [0.15, 0.2) is 5.78 Å². The van der Waals surface area contributed by atoms with Crippen LogP contribution in [0.3, 0.4) is 0 Å². The van der Waals surface area contributed by atoms with Crippen LogP contribution in [0.1, 0.15) is 74.0 Å². The fourth-order valence-corrected chi connectivity index (χ4v) is 6.02. The zero-order chi connectivity index (χ0) is 27.1. The average molecular weight is 539 g/mol. The third kappa shape index (κ3) is 6.81. The second-order valence-electron chi connectivity index (χ2n) is 10.2. The van der Waals surface area contributed by atoms with Crippen LogP contribution in [0.5, 0.6) is 0 Å². The van der Waals surface area contributed by atoms with Crippen molar-refractivity contribution in [2.45, 2.75) is 77.4 Å². The van der Waals surface area contributed by atoms with Gasteiger partial charge in [0.2, 0.25) is 11.8 Å². The van der Waals surface area contributed by atoms with E-state index in [2.05, 4.69) is 5.32 Å². The number of urea groups is 1. The van der Waals surface area contributed by atoms with Crippen LogP contribution in [0.25, 0.3) is 0 Å². The fourth-order valence-electron chi connectivity index (χ4n) is 5.32. The first-order valence-electron chi connectivity index (χ1n) is 13.7. The Morgan fingerprint density at radius 3 is 2.24 bits per heavy atom. The summed E-state index contributed by atoms with van der Waals surface area (Å²) in [7, 11) is 0. The Labute approximate surface area is 229 Å². The monoisotopic (exact) mass is 538 g/mol. The number of carbonyl (C=O) groups excluding carboxylic acids is 4. The van der Waals surface area contributed by atoms with Crippen LogP contribution in [0.15, 0.2) is 41.8 Å². The number of anilines is 1. The lowest BCUT2D eigenvalue weighted by Gasteiger charge is -2.51. The molecule has 1 aromatic carbocycles. The smallest absolute Gasteiger partial charge is 0.323 e. The molecule has 2 aliphatic heterocycles. The number of nitrogens with zero attached hydrogens (tertiary/aromatic N) is 3. The van der Waals surface area contributed by atoms with Gasteiger partial charge in [-0.15, -0.1) is 11.3 Å². The van der Waals surface area contributed by atoms with Crippen LogP contribution in [-0.2, 0) is 16.0 Å². The Kier molecular flexibility index (Phi) is 9.55. The van der Waals surface area contributed by atoms with E-state index >= 15 is 0 Å². The van der Waals surface area contributed by atoms with Crippen LogP contribution in [-0.4, -0.2) is 70.2 Å². The van der Waals surface area contributed by atoms with E-state index in [4.69, 9.17) is 0 Å². The zero-order valence-corrected chi connectivity index (χ0v) is 23.2. The summed E-state index contributed by atoms with van der Waals surface area (Å²) in [5.41, 5.74) is 1.14. The lowest BCUT2D eigenvalue weighted by atomic mass is 10.0. The highest BCUT2D eigenvalue weighted by molar-refractivity contribution is 7.09. The quantitative estimate of drug-likeness (QED) is 0.533. The summed E-state index contributed by atoms with van der Waals surface area (Å²) in [6.07, 6.45) is 9.41. The lowest BCUT2D eigenvalue weighted by Crippen LogP contribution is -2.71. The van der Waals surface area contributed by atoms with Crippen molar-refractivity contribution in [2.75, 3.05) is 25.0 Å². The fraction of sp³-hybridized carbons (Fsp3) is 0.517. The summed E-state index contributed by atoms with van der Waals surface area (Å²) in [4.78, 5) is 56.2. The molecule has 0 radical (unpaired) electrons. The van der Waals surface area contributed by atoms with Gasteiger partial charge in [-0.3, -0.25) is 14.4 Å². The highest BCUT2D eigenvalue weighted by Crippen LogP contribution is 2.26. The van der Waals surface area contributed by atoms with Gasteiger partial charge in [-0.25, -0.2) is 4.79 Å². The van der Waals surface area contributed by atoms with Crippen LogP contribution in [0.2, 0.25) is 0 Å². The molecule has 1 saturated carbocycles. The van der Waals surface area contributed by atoms with Gasteiger partial charge in [0.05, 0.1) is 6.54 Å². The third-order valence-corrected chi connectivity index (χ3v) is 8.45. The molecule has 1 N–H and O–H groups in total. The Balaban J connectivity index is 0.000000494. The molecule has 9 heteroatoms. The van der Waals surface area contributed by atoms with Crippen molar-refractivity contribution in [3.8, 4) is 0 Å². The summed E-state index contributed by atoms with van der Waals surface area (Å²) in [5.74, 6) is -0.242. The van der Waals surface area contributed by atoms with E-state index in [0.29, 0.717) is 17.8 Å². The van der Waals surface area contributed by atoms with Gasteiger partial charge >= 0.3 is 6.03 Å². The van der Waals surface area contributed by atoms with Crippen LogP contribution >= 0.6 is 11.3 Å². The number of thiophene rings is 1. The summed E-state index contributed by atoms with van der Waals surface area (Å²) < 4.78 is 0. The maximum Gasteiger partial charge on any atom is 0.323 e. The number of amides is 4. The van der Waals surface area contributed by atoms with Crippen molar-refractivity contribution in [3.05, 3.63) is 52.2 Å². The molecule has 0 bridgehead atoms. The molecule has 3 fully saturated rings. The summed E-state index contributed by atoms with van der Waals surface area (Å²) in [5, 5.41) is 4.86. The molecule has 1 aromatic heterocycles. The van der Waals surface area contributed by atoms with E-state index in [1.54, 1.807) is 57.2 Å². The molecule has 204 valence electrons. The normalized spacial score (nSPS) is 21.4. The third-order valence-electron chi connectivity index (χ3n) is 7.52. The summed E-state index contributed by atoms with van der Waals surface area (Å²) in [6.45, 7) is 4.34. The average Bonchev–Trinajstić information content (AvgIpc) is 3.45. The van der Waals surface area contributed by atoms with Crippen molar-refractivity contribution >= 4 is 40.7 Å². The maximum absolute atomic E-state index is 13.1. The number of rotatable bonds is 5. The number of carbonyl (C=O) groups is 4. The van der Waals surface area contributed by atoms with Crippen molar-refractivity contribution in [1.82, 2.24) is 14.7 Å². The van der Waals surface area contributed by atoms with E-state index in [0.717, 1.165) is 6.42 Å². The molecule has 3 heterocycles. The standard InChI is InChI=1S/C23H26N4O4S.C6H12/c1-15-22(30)25(11-9-19-4-3-13-32-19)14-20-26(12-10-21(29)27(15)20)23(31)24-18-7-5-17(6-8-18)16(2)28;1-2-4-6-5-3-1/h3-8,13,15,20H,9-12,14H2,1-2H3,(H,24,31);1-6H2/t15-,20+;/m0./s1. The number of hydrogen-bond acceptors (Lipinski definition) is 5. The molecule has 2 atom stereocenters. The first kappa shape index (κ1) is 27.8. The van der Waals surface area contributed by atoms with Gasteiger partial charge in [-0.05, 0) is 56.0 Å². The second-order valence-corrected chi connectivity index (χ2v) is 11.2. The van der Waals surface area contributed by atoms with Gasteiger partial charge in [0.25, 0.3) is 0 Å². The van der Waals surface area contributed by atoms with Crippen molar-refractivity contribution in [3.63, 3.8) is 0 Å². The highest BCUT2D eigenvalue weighted by atomic mass is 32.1. The number of piperazine rings is 1. The predicted molar refractivity (Wildman–Crippen MR) is 149 cm³/mol. The predicted octanol–water partition coefficient (Wildman–Crippen LogP) is 5.16. The Bertz CT molecular complexity index is 1100. The minimum absolute atomic E-state index is 0.0449. The SMILES string of the molecule is C1CCCCC1.CC(=O)c1ccc(NC(=O)N2CCC(=O)N3[C@@H]2CN(CCc2cccs2)C(=O)[C@@H]3C)cc1. The van der Waals surface area contributed by atoms with Gasteiger partial charge < -0.3 is 20.0 Å². The first-order chi connectivity index (χ1) is 18.3. The summed E-state index contributed by atoms with van der Waals surface area (Å²) in [6, 6.07) is 9.77. The number of ketones is 1. The van der Waals surface area contributed by atoms with E-state index in [9.17, 15) is 19.2 Å². The van der Waals surface area contributed by atoms with E-state index in [1.165, 1.54) is 50.3 Å². The van der Waals surface area contributed by atoms with Crippen LogP contribution in [0.4, 0.5) is 10.5 Å². The van der Waals surface area contributed by atoms with Crippen molar-refractivity contribution in [1.29, 1.82) is 0 Å². The molecule has 5 rings (SSSR count). The number of hydrogen-bond donors (Lipinski definition) is 1. The van der Waals surface area contributed by atoms with Gasteiger partial charge in [-0.2, -0.15) is 0 Å². The molecule has 38 heavy (non-hydrogen) atoms. The largest absolute Gasteiger partial charge is 0.337 e. The molecular weight excluding hydrogens is 500 g/mol. The number of Topliss-reactive ketones (excluding diaryl/α,β-unsaturated/α-hetero) is 1. The van der Waals surface area contributed by atoms with Crippen LogP contribution in [0, 0.1) is 0 Å². The molecule has 2 aromatic rings. The van der Waals surface area contributed by atoms with Gasteiger partial charge in [0.1, 0.15) is 12.2 Å². The molecule has 2 saturated heterocycles. The Morgan fingerprint density at radius 2 is 1.66 bits per heavy atom. The number of benzene rings is 1. The van der Waals surface area contributed by atoms with E-state index in [-0.39, 0.29) is 43.1 Å². The molecule has 0 spiro atoms. The molecule has 4 amide bonds. The number of fused-ring (bicyclic) bond motifs is 1. The van der Waals surface area contributed by atoms with E-state index in [1.807, 2.05) is 17.5 Å². The minimum Gasteiger partial charge on any atom is -0.337 e. The lowest BCUT2D eigenvalue weighted by molar-refractivity contribution is -0.165. The van der Waals surface area contributed by atoms with Crippen molar-refractivity contribution < 1.29 is 19.2 Å². The molecule has 1 aliphatic carbocycles. The van der Waals surface area contributed by atoms with E-state index < -0.39 is 12.2 Å².